The molecule has 2 amide bonds. The minimum Gasteiger partial charge on any atom is -0.497 e. The van der Waals surface area contributed by atoms with E-state index < -0.39 is 0 Å². The van der Waals surface area contributed by atoms with Crippen LogP contribution in [-0.2, 0) is 4.79 Å². The summed E-state index contributed by atoms with van der Waals surface area (Å²) in [6.45, 7) is 6.84. The summed E-state index contributed by atoms with van der Waals surface area (Å²) in [5, 5.41) is 3.04. The number of nitrogens with one attached hydrogen (secondary N) is 1. The summed E-state index contributed by atoms with van der Waals surface area (Å²) >= 11 is 1.52. The molecule has 1 aromatic heterocycles. The summed E-state index contributed by atoms with van der Waals surface area (Å²) in [4.78, 5) is 31.0. The topological polar surface area (TPSA) is 71.1 Å². The fraction of sp³-hybridized carbons (Fsp3) is 0.455. The lowest BCUT2D eigenvalue weighted by atomic mass is 10.1. The van der Waals surface area contributed by atoms with Crippen molar-refractivity contribution in [3.05, 3.63) is 45.6 Å². The molecule has 2 heterocycles. The Labute approximate surface area is 181 Å². The number of piperazine rings is 1. The zero-order valence-corrected chi connectivity index (χ0v) is 18.8. The number of hydrogen-bond acceptors (Lipinski definition) is 6. The summed E-state index contributed by atoms with van der Waals surface area (Å²) in [6.07, 6.45) is 0. The van der Waals surface area contributed by atoms with Gasteiger partial charge in [-0.25, -0.2) is 0 Å². The van der Waals surface area contributed by atoms with Crippen molar-refractivity contribution in [1.29, 1.82) is 0 Å². The normalized spacial score (nSPS) is 15.5. The second-order valence-electron chi connectivity index (χ2n) is 7.38. The van der Waals surface area contributed by atoms with Crippen LogP contribution in [0.25, 0.3) is 0 Å². The highest BCUT2D eigenvalue weighted by Crippen LogP contribution is 2.29. The zero-order chi connectivity index (χ0) is 21.7. The molecule has 0 spiro atoms. The second kappa shape index (κ2) is 9.95. The first-order valence-corrected chi connectivity index (χ1v) is 10.8. The largest absolute Gasteiger partial charge is 0.497 e. The third-order valence-corrected chi connectivity index (χ3v) is 6.25. The highest BCUT2D eigenvalue weighted by Gasteiger charge is 2.24. The first-order chi connectivity index (χ1) is 14.4. The van der Waals surface area contributed by atoms with E-state index in [0.29, 0.717) is 44.2 Å². The Hall–Kier alpha value is -2.58. The predicted molar refractivity (Wildman–Crippen MR) is 118 cm³/mol. The molecule has 0 aliphatic carbocycles. The molecule has 8 heteroatoms. The number of rotatable bonds is 7. The Morgan fingerprint density at radius 1 is 1.10 bits per heavy atom. The number of carbonyl (C=O) groups is 2. The summed E-state index contributed by atoms with van der Waals surface area (Å²) in [5.74, 6) is 1.45. The highest BCUT2D eigenvalue weighted by atomic mass is 32.1. The van der Waals surface area contributed by atoms with E-state index >= 15 is 0 Å². The Balaban J connectivity index is 1.51. The number of methoxy groups -OCH3 is 2. The number of ether oxygens (including phenoxy) is 2. The van der Waals surface area contributed by atoms with Gasteiger partial charge < -0.3 is 19.7 Å². The number of carbonyl (C=O) groups excluding carboxylic acids is 2. The van der Waals surface area contributed by atoms with Crippen LogP contribution in [0, 0.1) is 6.92 Å². The molecule has 1 unspecified atom stereocenters. The second-order valence-corrected chi connectivity index (χ2v) is 8.66. The molecular formula is C22H29N3O4S. The maximum absolute atomic E-state index is 12.6. The van der Waals surface area contributed by atoms with Crippen LogP contribution in [0.2, 0.25) is 0 Å². The monoisotopic (exact) mass is 431 g/mol. The van der Waals surface area contributed by atoms with E-state index in [1.807, 2.05) is 49.1 Å². The van der Waals surface area contributed by atoms with Gasteiger partial charge in [-0.05, 0) is 44.2 Å². The van der Waals surface area contributed by atoms with Crippen LogP contribution in [-0.4, -0.2) is 68.6 Å². The quantitative estimate of drug-likeness (QED) is 0.730. The molecule has 0 saturated carbocycles. The average molecular weight is 432 g/mol. The summed E-state index contributed by atoms with van der Waals surface area (Å²) in [6, 6.07) is 9.18. The summed E-state index contributed by atoms with van der Waals surface area (Å²) in [7, 11) is 3.22. The molecule has 7 nitrogen and oxygen atoms in total. The molecule has 1 aliphatic heterocycles. The van der Waals surface area contributed by atoms with Gasteiger partial charge >= 0.3 is 0 Å². The van der Waals surface area contributed by atoms with Gasteiger partial charge in [-0.1, -0.05) is 0 Å². The number of benzene rings is 1. The lowest BCUT2D eigenvalue weighted by molar-refractivity contribution is -0.123. The molecule has 162 valence electrons. The smallest absolute Gasteiger partial charge is 0.264 e. The average Bonchev–Trinajstić information content (AvgIpc) is 3.19. The molecule has 0 bridgehead atoms. The first kappa shape index (κ1) is 22.1. The summed E-state index contributed by atoms with van der Waals surface area (Å²) < 4.78 is 10.7. The molecule has 0 radical (unpaired) electrons. The molecule has 1 atom stereocenters. The van der Waals surface area contributed by atoms with Gasteiger partial charge in [0.1, 0.15) is 11.5 Å². The van der Waals surface area contributed by atoms with E-state index in [9.17, 15) is 9.59 Å². The van der Waals surface area contributed by atoms with Crippen LogP contribution in [0.3, 0.4) is 0 Å². The lowest BCUT2D eigenvalue weighted by Crippen LogP contribution is -2.51. The SMILES string of the molecule is COc1ccc(OC)c(C(C)NC(=O)CN2CCN(C(=O)c3ccc(C)s3)CC2)c1. The van der Waals surface area contributed by atoms with Crippen LogP contribution in [0.4, 0.5) is 0 Å². The first-order valence-electron chi connectivity index (χ1n) is 10.0. The van der Waals surface area contributed by atoms with E-state index in [2.05, 4.69) is 10.2 Å². The third kappa shape index (κ3) is 5.31. The molecule has 3 rings (SSSR count). The van der Waals surface area contributed by atoms with Crippen molar-refractivity contribution >= 4 is 23.2 Å². The predicted octanol–water partition coefficient (Wildman–Crippen LogP) is 2.71. The molecule has 2 aromatic rings. The molecule has 1 aliphatic rings. The molecule has 1 N–H and O–H groups in total. The fourth-order valence-corrected chi connectivity index (χ4v) is 4.40. The lowest BCUT2D eigenvalue weighted by Gasteiger charge is -2.34. The van der Waals surface area contributed by atoms with Gasteiger partial charge in [0.05, 0.1) is 31.7 Å². The van der Waals surface area contributed by atoms with Crippen LogP contribution in [0.1, 0.15) is 33.1 Å². The van der Waals surface area contributed by atoms with Crippen molar-refractivity contribution in [3.8, 4) is 11.5 Å². The van der Waals surface area contributed by atoms with Gasteiger partial charge in [0.2, 0.25) is 5.91 Å². The van der Waals surface area contributed by atoms with Gasteiger partial charge in [0, 0.05) is 36.6 Å². The van der Waals surface area contributed by atoms with Gasteiger partial charge in [0.25, 0.3) is 5.91 Å². The number of aryl methyl sites for hydroxylation is 1. The van der Waals surface area contributed by atoms with Crippen molar-refractivity contribution in [1.82, 2.24) is 15.1 Å². The van der Waals surface area contributed by atoms with Crippen molar-refractivity contribution in [2.24, 2.45) is 0 Å². The van der Waals surface area contributed by atoms with Gasteiger partial charge in [0.15, 0.2) is 0 Å². The van der Waals surface area contributed by atoms with Crippen molar-refractivity contribution < 1.29 is 19.1 Å². The minimum absolute atomic E-state index is 0.0546. The molecule has 1 aromatic carbocycles. The van der Waals surface area contributed by atoms with Crippen molar-refractivity contribution in [2.45, 2.75) is 19.9 Å². The van der Waals surface area contributed by atoms with Gasteiger partial charge in [-0.15, -0.1) is 11.3 Å². The molecule has 30 heavy (non-hydrogen) atoms. The van der Waals surface area contributed by atoms with E-state index in [1.54, 1.807) is 14.2 Å². The molecule has 1 saturated heterocycles. The third-order valence-electron chi connectivity index (χ3n) is 5.26. The van der Waals surface area contributed by atoms with E-state index in [-0.39, 0.29) is 17.9 Å². The zero-order valence-electron chi connectivity index (χ0n) is 17.9. The van der Waals surface area contributed by atoms with Crippen LogP contribution in [0.5, 0.6) is 11.5 Å². The van der Waals surface area contributed by atoms with Crippen LogP contribution in [0.15, 0.2) is 30.3 Å². The number of hydrogen-bond donors (Lipinski definition) is 1. The Bertz CT molecular complexity index is 890. The molecule has 1 fully saturated rings. The number of amides is 2. The maximum atomic E-state index is 12.6. The molecular weight excluding hydrogens is 402 g/mol. The number of nitrogens with zero attached hydrogens (tertiary/aromatic N) is 2. The van der Waals surface area contributed by atoms with E-state index in [4.69, 9.17) is 9.47 Å². The van der Waals surface area contributed by atoms with Crippen molar-refractivity contribution in [2.75, 3.05) is 46.9 Å². The Morgan fingerprint density at radius 3 is 2.43 bits per heavy atom. The van der Waals surface area contributed by atoms with Gasteiger partial charge in [-0.2, -0.15) is 0 Å². The highest BCUT2D eigenvalue weighted by molar-refractivity contribution is 7.13. The van der Waals surface area contributed by atoms with E-state index in [0.717, 1.165) is 15.3 Å². The standard InChI is InChI=1S/C22H29N3O4S/c1-15-5-8-20(30-15)22(27)25-11-9-24(10-12-25)14-21(26)23-16(2)18-13-17(28-3)6-7-19(18)29-4/h5-8,13,16H,9-12,14H2,1-4H3,(H,23,26). The fourth-order valence-electron chi connectivity index (χ4n) is 3.56. The van der Waals surface area contributed by atoms with Crippen LogP contribution < -0.4 is 14.8 Å². The maximum Gasteiger partial charge on any atom is 0.264 e. The Morgan fingerprint density at radius 2 is 1.83 bits per heavy atom. The van der Waals surface area contributed by atoms with Crippen molar-refractivity contribution in [3.63, 3.8) is 0 Å². The van der Waals surface area contributed by atoms with E-state index in [1.165, 1.54) is 11.3 Å². The summed E-state index contributed by atoms with van der Waals surface area (Å²) in [5.41, 5.74) is 0.867. The minimum atomic E-state index is -0.215. The number of thiophene rings is 1. The Kier molecular flexibility index (Phi) is 7.33. The van der Waals surface area contributed by atoms with Gasteiger partial charge in [-0.3, -0.25) is 14.5 Å². The van der Waals surface area contributed by atoms with Crippen LogP contribution >= 0.6 is 11.3 Å².